The molecule has 0 aliphatic carbocycles. The highest BCUT2D eigenvalue weighted by molar-refractivity contribution is 14.0. The van der Waals surface area contributed by atoms with Gasteiger partial charge in [0.2, 0.25) is 5.89 Å². The van der Waals surface area contributed by atoms with Gasteiger partial charge in [-0.05, 0) is 12.5 Å². The van der Waals surface area contributed by atoms with E-state index in [0.717, 1.165) is 5.56 Å². The van der Waals surface area contributed by atoms with E-state index in [2.05, 4.69) is 25.8 Å². The largest absolute Gasteiger partial charge is 0.396 e. The van der Waals surface area contributed by atoms with Crippen molar-refractivity contribution in [2.45, 2.75) is 19.4 Å². The first-order valence-electron chi connectivity index (χ1n) is 7.12. The summed E-state index contributed by atoms with van der Waals surface area (Å²) < 4.78 is 5.03. The van der Waals surface area contributed by atoms with E-state index in [1.807, 2.05) is 30.3 Å². The van der Waals surface area contributed by atoms with E-state index in [9.17, 15) is 5.11 Å². The molecule has 3 N–H and O–H groups in total. The minimum Gasteiger partial charge on any atom is -0.396 e. The van der Waals surface area contributed by atoms with Crippen LogP contribution in [0.1, 0.15) is 23.2 Å². The molecular weight excluding hydrogens is 409 g/mol. The number of hydrogen-bond acceptors (Lipinski definition) is 5. The van der Waals surface area contributed by atoms with Crippen LogP contribution in [-0.2, 0) is 6.54 Å². The van der Waals surface area contributed by atoms with Crippen LogP contribution in [0.5, 0.6) is 0 Å². The van der Waals surface area contributed by atoms with Crippen molar-refractivity contribution in [2.24, 2.45) is 4.99 Å². The lowest BCUT2D eigenvalue weighted by Crippen LogP contribution is -2.39. The van der Waals surface area contributed by atoms with Crippen molar-refractivity contribution < 1.29 is 9.63 Å². The van der Waals surface area contributed by atoms with Crippen LogP contribution in [-0.4, -0.2) is 41.4 Å². The number of aliphatic hydroxyl groups excluding tert-OH is 1. The van der Waals surface area contributed by atoms with Gasteiger partial charge in [0.05, 0.1) is 13.2 Å². The van der Waals surface area contributed by atoms with Crippen LogP contribution >= 0.6 is 24.0 Å². The van der Waals surface area contributed by atoms with Gasteiger partial charge in [-0.3, -0.25) is 4.99 Å². The number of halogens is 1. The number of nitrogens with zero attached hydrogens (tertiary/aromatic N) is 3. The SMILES string of the molecule is CN=C(NCc1nc(C)no1)NCC(CO)c1ccccc1.I. The molecule has 2 aromatic rings. The number of rotatable bonds is 6. The number of hydrogen-bond donors (Lipinski definition) is 3. The topological polar surface area (TPSA) is 95.6 Å². The van der Waals surface area contributed by atoms with Crippen LogP contribution in [0.2, 0.25) is 0 Å². The smallest absolute Gasteiger partial charge is 0.246 e. The van der Waals surface area contributed by atoms with Crippen molar-refractivity contribution in [3.63, 3.8) is 0 Å². The molecule has 0 aliphatic rings. The molecule has 0 radical (unpaired) electrons. The number of nitrogens with one attached hydrogen (secondary N) is 2. The lowest BCUT2D eigenvalue weighted by Gasteiger charge is -2.17. The van der Waals surface area contributed by atoms with E-state index in [1.165, 1.54) is 0 Å². The average molecular weight is 431 g/mol. The Kier molecular flexibility index (Phi) is 8.56. The van der Waals surface area contributed by atoms with Crippen molar-refractivity contribution in [3.8, 4) is 0 Å². The molecule has 1 atom stereocenters. The van der Waals surface area contributed by atoms with Gasteiger partial charge in [0.25, 0.3) is 0 Å². The summed E-state index contributed by atoms with van der Waals surface area (Å²) in [6.45, 7) is 2.81. The second kappa shape index (κ2) is 10.2. The summed E-state index contributed by atoms with van der Waals surface area (Å²) in [5, 5.41) is 19.5. The molecule has 1 aromatic heterocycles. The number of guanidine groups is 1. The zero-order valence-corrected chi connectivity index (χ0v) is 15.5. The Bertz CT molecular complexity index is 603. The third-order valence-electron chi connectivity index (χ3n) is 3.21. The summed E-state index contributed by atoms with van der Waals surface area (Å²) in [5.74, 6) is 1.72. The second-order valence-corrected chi connectivity index (χ2v) is 4.83. The summed E-state index contributed by atoms with van der Waals surface area (Å²) in [6, 6.07) is 9.88. The third-order valence-corrected chi connectivity index (χ3v) is 3.21. The Morgan fingerprint density at radius 2 is 2.04 bits per heavy atom. The molecule has 0 fully saturated rings. The standard InChI is InChI=1S/C15H21N5O2.HI/c1-11-19-14(22-20-11)9-18-15(16-2)17-8-13(10-21)12-6-4-3-5-7-12;/h3-7,13,21H,8-10H2,1-2H3,(H2,16,17,18);1H. The molecule has 1 unspecified atom stereocenters. The van der Waals surface area contributed by atoms with E-state index >= 15 is 0 Å². The quantitative estimate of drug-likeness (QED) is 0.364. The Hall–Kier alpha value is -1.68. The van der Waals surface area contributed by atoms with Crippen molar-refractivity contribution in [1.29, 1.82) is 0 Å². The highest BCUT2D eigenvalue weighted by Crippen LogP contribution is 2.13. The predicted molar refractivity (Wildman–Crippen MR) is 98.9 cm³/mol. The van der Waals surface area contributed by atoms with Crippen LogP contribution in [0, 0.1) is 6.92 Å². The summed E-state index contributed by atoms with van der Waals surface area (Å²) in [5.41, 5.74) is 1.08. The molecule has 2 rings (SSSR count). The second-order valence-electron chi connectivity index (χ2n) is 4.83. The molecular formula is C15H22IN5O2. The molecule has 0 saturated heterocycles. The van der Waals surface area contributed by atoms with Crippen molar-refractivity contribution >= 4 is 29.9 Å². The number of aryl methyl sites for hydroxylation is 1. The number of benzene rings is 1. The van der Waals surface area contributed by atoms with Gasteiger partial charge in [0, 0.05) is 19.5 Å². The molecule has 0 aliphatic heterocycles. The summed E-state index contributed by atoms with van der Waals surface area (Å²) in [6.07, 6.45) is 0. The third kappa shape index (κ3) is 6.14. The van der Waals surface area contributed by atoms with E-state index in [1.54, 1.807) is 14.0 Å². The summed E-state index contributed by atoms with van der Waals surface area (Å²) in [7, 11) is 1.69. The van der Waals surface area contributed by atoms with Crippen molar-refractivity contribution in [3.05, 3.63) is 47.6 Å². The fraction of sp³-hybridized carbons (Fsp3) is 0.400. The fourth-order valence-corrected chi connectivity index (χ4v) is 2.02. The lowest BCUT2D eigenvalue weighted by atomic mass is 10.0. The molecule has 1 aromatic carbocycles. The van der Waals surface area contributed by atoms with Crippen molar-refractivity contribution in [2.75, 3.05) is 20.2 Å². The van der Waals surface area contributed by atoms with Crippen LogP contribution in [0.3, 0.4) is 0 Å². The summed E-state index contributed by atoms with van der Waals surface area (Å²) >= 11 is 0. The molecule has 0 saturated carbocycles. The van der Waals surface area contributed by atoms with Gasteiger partial charge in [-0.25, -0.2) is 0 Å². The molecule has 8 heteroatoms. The molecule has 126 valence electrons. The first-order valence-corrected chi connectivity index (χ1v) is 7.12. The molecule has 0 spiro atoms. The van der Waals surface area contributed by atoms with Gasteiger partial charge in [0.15, 0.2) is 11.8 Å². The maximum Gasteiger partial charge on any atom is 0.246 e. The fourth-order valence-electron chi connectivity index (χ4n) is 2.02. The van der Waals surface area contributed by atoms with Gasteiger partial charge in [-0.2, -0.15) is 4.98 Å². The van der Waals surface area contributed by atoms with Crippen LogP contribution in [0.4, 0.5) is 0 Å². The maximum atomic E-state index is 9.54. The van der Waals surface area contributed by atoms with Gasteiger partial charge in [-0.15, -0.1) is 24.0 Å². The minimum absolute atomic E-state index is 0. The Morgan fingerprint density at radius 1 is 1.30 bits per heavy atom. The van der Waals surface area contributed by atoms with E-state index in [4.69, 9.17) is 4.52 Å². The van der Waals surface area contributed by atoms with Gasteiger partial charge >= 0.3 is 0 Å². The van der Waals surface area contributed by atoms with Crippen LogP contribution in [0.25, 0.3) is 0 Å². The zero-order valence-electron chi connectivity index (χ0n) is 13.2. The Morgan fingerprint density at radius 3 is 2.61 bits per heavy atom. The highest BCUT2D eigenvalue weighted by atomic mass is 127. The molecule has 0 amide bonds. The minimum atomic E-state index is 0. The normalized spacial score (nSPS) is 12.4. The molecule has 1 heterocycles. The van der Waals surface area contributed by atoms with Crippen LogP contribution in [0.15, 0.2) is 39.8 Å². The first kappa shape index (κ1) is 19.4. The van der Waals surface area contributed by atoms with Gasteiger partial charge in [0.1, 0.15) is 0 Å². The molecule has 7 nitrogen and oxygen atoms in total. The van der Waals surface area contributed by atoms with Gasteiger partial charge < -0.3 is 20.3 Å². The number of aromatic nitrogens is 2. The zero-order chi connectivity index (χ0) is 15.8. The predicted octanol–water partition coefficient (Wildman–Crippen LogP) is 1.44. The Labute approximate surface area is 152 Å². The van der Waals surface area contributed by atoms with E-state index < -0.39 is 0 Å². The first-order chi connectivity index (χ1) is 10.7. The highest BCUT2D eigenvalue weighted by Gasteiger charge is 2.11. The number of aliphatic hydroxyl groups is 1. The maximum absolute atomic E-state index is 9.54. The van der Waals surface area contributed by atoms with Crippen molar-refractivity contribution in [1.82, 2.24) is 20.8 Å². The van der Waals surface area contributed by atoms with Gasteiger partial charge in [-0.1, -0.05) is 35.5 Å². The average Bonchev–Trinajstić information content (AvgIpc) is 2.97. The molecule has 23 heavy (non-hydrogen) atoms. The lowest BCUT2D eigenvalue weighted by molar-refractivity contribution is 0.265. The molecule has 0 bridgehead atoms. The summed E-state index contributed by atoms with van der Waals surface area (Å²) in [4.78, 5) is 8.25. The number of aliphatic imine (C=N–C) groups is 1. The Balaban J connectivity index is 0.00000264. The van der Waals surface area contributed by atoms with E-state index in [-0.39, 0.29) is 36.5 Å². The van der Waals surface area contributed by atoms with Crippen LogP contribution < -0.4 is 10.6 Å². The van der Waals surface area contributed by atoms with E-state index in [0.29, 0.717) is 30.8 Å². The monoisotopic (exact) mass is 431 g/mol.